The van der Waals surface area contributed by atoms with Crippen molar-refractivity contribution in [2.75, 3.05) is 38.1 Å². The summed E-state index contributed by atoms with van der Waals surface area (Å²) < 4.78 is 7.73. The Morgan fingerprint density at radius 1 is 1.15 bits per heavy atom. The number of aromatic nitrogens is 2. The third kappa shape index (κ3) is 3.97. The zero-order chi connectivity index (χ0) is 24.7. The number of ether oxygens (including phenoxy) is 1. The Balaban J connectivity index is 1.21. The lowest BCUT2D eigenvalue weighted by Gasteiger charge is -2.58. The molecule has 4 aliphatic rings. The van der Waals surface area contributed by atoms with E-state index in [0.717, 1.165) is 57.7 Å². The number of carbonyl (C=O) groups is 2. The predicted molar refractivity (Wildman–Crippen MR) is 131 cm³/mol. The number of likely N-dealkylation sites (tertiary alicyclic amines) is 2. The van der Waals surface area contributed by atoms with Crippen LogP contribution in [0.1, 0.15) is 78.5 Å². The molecule has 1 atom stereocenters. The van der Waals surface area contributed by atoms with Crippen molar-refractivity contribution in [2.45, 2.75) is 90.8 Å². The Labute approximate surface area is 203 Å². The molecule has 4 heterocycles. The van der Waals surface area contributed by atoms with Crippen LogP contribution in [0.5, 0.6) is 0 Å². The second-order valence-corrected chi connectivity index (χ2v) is 13.3. The fraction of sp³-hybridized carbons (Fsp3) is 0.808. The Morgan fingerprint density at radius 3 is 2.38 bits per heavy atom. The van der Waals surface area contributed by atoms with Crippen LogP contribution in [0.25, 0.3) is 0 Å². The van der Waals surface area contributed by atoms with E-state index in [1.807, 2.05) is 37.6 Å². The first-order valence-electron chi connectivity index (χ1n) is 12.8. The van der Waals surface area contributed by atoms with E-state index in [1.165, 1.54) is 5.69 Å². The van der Waals surface area contributed by atoms with Crippen LogP contribution in [0.4, 0.5) is 10.6 Å². The molecule has 2 amide bonds. The van der Waals surface area contributed by atoms with Gasteiger partial charge in [0.25, 0.3) is 0 Å². The van der Waals surface area contributed by atoms with Crippen molar-refractivity contribution >= 4 is 17.8 Å². The molecule has 8 nitrogen and oxygen atoms in total. The molecule has 0 aromatic carbocycles. The summed E-state index contributed by atoms with van der Waals surface area (Å²) in [7, 11) is 1.93. The summed E-state index contributed by atoms with van der Waals surface area (Å²) in [6, 6.07) is 2.62. The van der Waals surface area contributed by atoms with Crippen molar-refractivity contribution in [3.63, 3.8) is 0 Å². The van der Waals surface area contributed by atoms with E-state index in [1.54, 1.807) is 0 Å². The molecule has 0 N–H and O–H groups in total. The predicted octanol–water partition coefficient (Wildman–Crippen LogP) is 3.99. The average Bonchev–Trinajstić information content (AvgIpc) is 3.10. The molecule has 8 heteroatoms. The summed E-state index contributed by atoms with van der Waals surface area (Å²) in [5.74, 6) is 1.34. The van der Waals surface area contributed by atoms with Gasteiger partial charge in [-0.15, -0.1) is 0 Å². The van der Waals surface area contributed by atoms with Gasteiger partial charge in [0.2, 0.25) is 5.91 Å². The highest BCUT2D eigenvalue weighted by Crippen LogP contribution is 2.55. The van der Waals surface area contributed by atoms with Crippen LogP contribution in [0.2, 0.25) is 0 Å². The Morgan fingerprint density at radius 2 is 1.82 bits per heavy atom. The lowest BCUT2D eigenvalue weighted by molar-refractivity contribution is -0.126. The van der Waals surface area contributed by atoms with Crippen LogP contribution in [-0.2, 0) is 9.53 Å². The van der Waals surface area contributed by atoms with Gasteiger partial charge in [-0.2, -0.15) is 5.10 Å². The summed E-state index contributed by atoms with van der Waals surface area (Å²) in [5.41, 5.74) is 1.05. The van der Waals surface area contributed by atoms with Gasteiger partial charge in [0.05, 0.1) is 6.04 Å². The zero-order valence-electron chi connectivity index (χ0n) is 22.0. The highest BCUT2D eigenvalue weighted by molar-refractivity contribution is 5.79. The molecule has 3 saturated heterocycles. The Bertz CT molecular complexity index is 995. The molecule has 2 spiro atoms. The van der Waals surface area contributed by atoms with Gasteiger partial charge in [0, 0.05) is 67.8 Å². The number of hydrogen-bond donors (Lipinski definition) is 0. The highest BCUT2D eigenvalue weighted by Gasteiger charge is 2.56. The molecule has 34 heavy (non-hydrogen) atoms. The zero-order valence-corrected chi connectivity index (χ0v) is 22.0. The third-order valence-electron chi connectivity index (χ3n) is 8.50. The van der Waals surface area contributed by atoms with E-state index >= 15 is 0 Å². The first kappa shape index (κ1) is 23.5. The molecule has 1 saturated carbocycles. The molecule has 0 radical (unpaired) electrons. The maximum atomic E-state index is 12.3. The summed E-state index contributed by atoms with van der Waals surface area (Å²) in [5, 5.41) is 5.08. The van der Waals surface area contributed by atoms with E-state index in [2.05, 4.69) is 36.4 Å². The molecule has 3 aliphatic heterocycles. The monoisotopic (exact) mass is 471 g/mol. The van der Waals surface area contributed by atoms with Crippen LogP contribution in [-0.4, -0.2) is 75.9 Å². The molecule has 1 unspecified atom stereocenters. The molecule has 1 aromatic heterocycles. The van der Waals surface area contributed by atoms with Gasteiger partial charge in [-0.05, 0) is 67.2 Å². The molecule has 1 aliphatic carbocycles. The van der Waals surface area contributed by atoms with E-state index in [-0.39, 0.29) is 28.4 Å². The van der Waals surface area contributed by atoms with Crippen LogP contribution in [0.3, 0.4) is 0 Å². The van der Waals surface area contributed by atoms with E-state index in [4.69, 9.17) is 9.84 Å². The highest BCUT2D eigenvalue weighted by atomic mass is 16.6. The number of carbonyl (C=O) groups excluding carboxylic acids is 2. The summed E-state index contributed by atoms with van der Waals surface area (Å²) >= 11 is 0. The van der Waals surface area contributed by atoms with Gasteiger partial charge >= 0.3 is 6.09 Å². The van der Waals surface area contributed by atoms with Crippen molar-refractivity contribution in [3.8, 4) is 0 Å². The minimum absolute atomic E-state index is 0.0436. The Kier molecular flexibility index (Phi) is 5.09. The lowest BCUT2D eigenvalue weighted by atomic mass is 9.61. The first-order valence-corrected chi connectivity index (χ1v) is 12.8. The van der Waals surface area contributed by atoms with Gasteiger partial charge in [-0.1, -0.05) is 0 Å². The molecule has 1 aromatic rings. The number of nitrogens with zero attached hydrogens (tertiary/aromatic N) is 5. The van der Waals surface area contributed by atoms with Crippen LogP contribution in [0, 0.1) is 17.8 Å². The standard InChI is InChI=1S/C26H41N5O3/c1-18-10-20(30-9-8-25(14-24(30,5)6)13-21(32)28(7)15-25)27-31(18)19-11-26(12-19)16-29(17-26)22(33)34-23(2,3)4/h10,19H,8-9,11-17H2,1-7H3. The average molecular weight is 472 g/mol. The Hall–Kier alpha value is -2.25. The fourth-order valence-electron chi connectivity index (χ4n) is 7.13. The van der Waals surface area contributed by atoms with E-state index in [9.17, 15) is 9.59 Å². The van der Waals surface area contributed by atoms with Crippen LogP contribution in [0.15, 0.2) is 6.07 Å². The number of hydrogen-bond acceptors (Lipinski definition) is 5. The van der Waals surface area contributed by atoms with Gasteiger partial charge in [-0.25, -0.2) is 4.79 Å². The van der Waals surface area contributed by atoms with Gasteiger partial charge in [-0.3, -0.25) is 9.48 Å². The van der Waals surface area contributed by atoms with Crippen molar-refractivity contribution in [2.24, 2.45) is 10.8 Å². The number of rotatable bonds is 2. The maximum absolute atomic E-state index is 12.3. The minimum atomic E-state index is -0.449. The quantitative estimate of drug-likeness (QED) is 0.652. The molecule has 4 fully saturated rings. The van der Waals surface area contributed by atoms with Gasteiger partial charge in [0.15, 0.2) is 5.82 Å². The second kappa shape index (κ2) is 7.37. The van der Waals surface area contributed by atoms with Crippen molar-refractivity contribution in [1.82, 2.24) is 19.6 Å². The molecule has 0 bridgehead atoms. The van der Waals surface area contributed by atoms with Gasteiger partial charge < -0.3 is 19.4 Å². The van der Waals surface area contributed by atoms with Gasteiger partial charge in [0.1, 0.15) is 5.60 Å². The van der Waals surface area contributed by atoms with Crippen molar-refractivity contribution < 1.29 is 14.3 Å². The van der Waals surface area contributed by atoms with Crippen LogP contribution < -0.4 is 4.90 Å². The minimum Gasteiger partial charge on any atom is -0.444 e. The second-order valence-electron chi connectivity index (χ2n) is 13.3. The SMILES string of the molecule is Cc1cc(N2CCC3(CC(=O)N(C)C3)CC2(C)C)nn1C1CC2(C1)CN(C(=O)OC(C)(C)C)C2. The molecular weight excluding hydrogens is 430 g/mol. The number of amides is 2. The van der Waals surface area contributed by atoms with Crippen molar-refractivity contribution in [1.29, 1.82) is 0 Å². The largest absolute Gasteiger partial charge is 0.444 e. The fourth-order valence-corrected chi connectivity index (χ4v) is 7.13. The normalized spacial score (nSPS) is 28.4. The molecular formula is C26H41N5O3. The van der Waals surface area contributed by atoms with Crippen molar-refractivity contribution in [3.05, 3.63) is 11.8 Å². The molecule has 188 valence electrons. The van der Waals surface area contributed by atoms with E-state index in [0.29, 0.717) is 12.5 Å². The third-order valence-corrected chi connectivity index (χ3v) is 8.50. The summed E-state index contributed by atoms with van der Waals surface area (Å²) in [4.78, 5) is 30.7. The van der Waals surface area contributed by atoms with E-state index < -0.39 is 5.60 Å². The topological polar surface area (TPSA) is 70.9 Å². The number of aryl methyl sites for hydroxylation is 1. The first-order chi connectivity index (χ1) is 15.7. The lowest BCUT2D eigenvalue weighted by Crippen LogP contribution is -2.64. The molecule has 5 rings (SSSR count). The number of piperidine rings is 1. The van der Waals surface area contributed by atoms with Crippen LogP contribution >= 0.6 is 0 Å². The smallest absolute Gasteiger partial charge is 0.410 e. The maximum Gasteiger partial charge on any atom is 0.410 e. The number of anilines is 1. The summed E-state index contributed by atoms with van der Waals surface area (Å²) in [6.07, 6.45) is 4.66. The summed E-state index contributed by atoms with van der Waals surface area (Å²) in [6.45, 7) is 15.9.